The summed E-state index contributed by atoms with van der Waals surface area (Å²) in [7, 11) is 0. The van der Waals surface area contributed by atoms with Crippen LogP contribution in [0.15, 0.2) is 48.8 Å². The van der Waals surface area contributed by atoms with Gasteiger partial charge in [-0.25, -0.2) is 0 Å². The Bertz CT molecular complexity index is 856. The van der Waals surface area contributed by atoms with Gasteiger partial charge < -0.3 is 24.0 Å². The molecule has 0 atom stereocenters. The molecule has 3 aromatic rings. The quantitative estimate of drug-likeness (QED) is 0.198. The minimum atomic E-state index is 0. The third kappa shape index (κ3) is 5.86. The van der Waals surface area contributed by atoms with Gasteiger partial charge in [0.1, 0.15) is 0 Å². The Balaban J connectivity index is 0.00000240. The maximum absolute atomic E-state index is 3.66. The number of halogens is 1. The molecule has 1 aromatic heterocycles. The molecular formula is C27H36ILiN2. The van der Waals surface area contributed by atoms with E-state index in [-0.39, 0.29) is 42.8 Å². The number of hydrogen-bond donors (Lipinski definition) is 0. The van der Waals surface area contributed by atoms with Crippen molar-refractivity contribution in [3.8, 4) is 11.4 Å². The monoisotopic (exact) mass is 522 g/mol. The van der Waals surface area contributed by atoms with Crippen LogP contribution in [0.2, 0.25) is 0 Å². The van der Waals surface area contributed by atoms with Crippen LogP contribution in [0.3, 0.4) is 0 Å². The van der Waals surface area contributed by atoms with Crippen molar-refractivity contribution in [3.05, 3.63) is 77.4 Å². The van der Waals surface area contributed by atoms with Gasteiger partial charge >= 0.3 is 18.9 Å². The molecule has 4 heteroatoms. The summed E-state index contributed by atoms with van der Waals surface area (Å²) in [5.74, 6) is 1.84. The summed E-state index contributed by atoms with van der Waals surface area (Å²) >= 11 is 0. The molecule has 0 aliphatic heterocycles. The third-order valence-electron chi connectivity index (χ3n) is 5.75. The van der Waals surface area contributed by atoms with Gasteiger partial charge in [0.05, 0.1) is 11.4 Å². The molecule has 0 N–H and O–H groups in total. The van der Waals surface area contributed by atoms with Crippen molar-refractivity contribution in [3.63, 3.8) is 0 Å². The summed E-state index contributed by atoms with van der Waals surface area (Å²) in [4.78, 5) is 0. The predicted molar refractivity (Wildman–Crippen MR) is 122 cm³/mol. The molecule has 31 heavy (non-hydrogen) atoms. The van der Waals surface area contributed by atoms with Crippen LogP contribution in [0.1, 0.15) is 101 Å². The van der Waals surface area contributed by atoms with E-state index in [4.69, 9.17) is 0 Å². The molecule has 162 valence electrons. The zero-order valence-electron chi connectivity index (χ0n) is 20.7. The van der Waals surface area contributed by atoms with Crippen LogP contribution >= 0.6 is 0 Å². The molecule has 0 bridgehead atoms. The van der Waals surface area contributed by atoms with E-state index >= 15 is 0 Å². The second-order valence-corrected chi connectivity index (χ2v) is 9.33. The van der Waals surface area contributed by atoms with Crippen LogP contribution in [-0.4, -0.2) is 4.57 Å². The fraction of sp³-hybridized carbons (Fsp3) is 0.444. The zero-order chi connectivity index (χ0) is 21.3. The molecule has 0 aliphatic rings. The van der Waals surface area contributed by atoms with Crippen molar-refractivity contribution in [2.24, 2.45) is 0 Å². The predicted octanol–water partition coefficient (Wildman–Crippen LogP) is 1.06. The summed E-state index contributed by atoms with van der Waals surface area (Å²) in [5, 5.41) is 0. The summed E-state index contributed by atoms with van der Waals surface area (Å²) in [6, 6.07) is 13.4. The minimum absolute atomic E-state index is 0. The smallest absolute Gasteiger partial charge is 1.00 e. The maximum Gasteiger partial charge on any atom is 1.00 e. The molecule has 0 radical (unpaired) electrons. The first-order valence-corrected chi connectivity index (χ1v) is 11.0. The molecule has 0 saturated carbocycles. The van der Waals surface area contributed by atoms with Crippen LogP contribution in [0, 0.1) is 6.33 Å². The van der Waals surface area contributed by atoms with E-state index in [9.17, 15) is 0 Å². The van der Waals surface area contributed by atoms with E-state index in [2.05, 4.69) is 120 Å². The van der Waals surface area contributed by atoms with E-state index in [1.54, 1.807) is 0 Å². The average Bonchev–Trinajstić information content (AvgIpc) is 3.15. The first-order valence-electron chi connectivity index (χ1n) is 11.0. The number of nitrogens with zero attached hydrogens (tertiary/aromatic N) is 2. The van der Waals surface area contributed by atoms with Crippen molar-refractivity contribution in [2.75, 3.05) is 0 Å². The Hall–Kier alpha value is -1.02. The second-order valence-electron chi connectivity index (χ2n) is 9.33. The largest absolute Gasteiger partial charge is 1.00 e. The van der Waals surface area contributed by atoms with E-state index < -0.39 is 0 Å². The second kappa shape index (κ2) is 11.7. The molecule has 0 unspecified atom stereocenters. The standard InChI is InChI=1S/C27H36N2.HI.Li/c1-18(2)22-11-9-12-23(19(3)4)26(22)28-15-16-29(17-28)27-24(20(5)6)13-10-14-25(27)21(7)8;;/h9-16,18-21H,1-8H3;1H;/q;;+1/p-1. The van der Waals surface area contributed by atoms with Crippen molar-refractivity contribution < 1.29 is 47.4 Å². The van der Waals surface area contributed by atoms with E-state index in [0.717, 1.165) is 0 Å². The fourth-order valence-corrected chi connectivity index (χ4v) is 4.14. The summed E-state index contributed by atoms with van der Waals surface area (Å²) in [5.41, 5.74) is 8.05. The van der Waals surface area contributed by atoms with Gasteiger partial charge in [0.25, 0.3) is 6.33 Å². The number of para-hydroxylation sites is 2. The Morgan fingerprint density at radius 1 is 0.677 bits per heavy atom. The third-order valence-corrected chi connectivity index (χ3v) is 5.75. The van der Waals surface area contributed by atoms with Gasteiger partial charge in [-0.1, -0.05) is 91.8 Å². The van der Waals surface area contributed by atoms with Crippen LogP contribution in [0.4, 0.5) is 0 Å². The molecule has 0 fully saturated rings. The van der Waals surface area contributed by atoms with Crippen molar-refractivity contribution in [1.29, 1.82) is 0 Å². The van der Waals surface area contributed by atoms with E-state index in [1.165, 1.54) is 33.6 Å². The van der Waals surface area contributed by atoms with Crippen LogP contribution in [0.5, 0.6) is 0 Å². The van der Waals surface area contributed by atoms with Crippen molar-refractivity contribution >= 4 is 0 Å². The Labute approximate surface area is 218 Å². The normalized spacial score (nSPS) is 11.2. The van der Waals surface area contributed by atoms with Gasteiger partial charge in [-0.15, -0.1) is 0 Å². The van der Waals surface area contributed by atoms with E-state index in [1.807, 2.05) is 0 Å². The fourth-order valence-electron chi connectivity index (χ4n) is 4.14. The topological polar surface area (TPSA) is 8.81 Å². The number of rotatable bonds is 6. The summed E-state index contributed by atoms with van der Waals surface area (Å²) < 4.78 is 4.40. The maximum atomic E-state index is 3.66. The average molecular weight is 522 g/mol. The number of benzene rings is 2. The van der Waals surface area contributed by atoms with Crippen molar-refractivity contribution in [1.82, 2.24) is 4.57 Å². The molecule has 1 heterocycles. The van der Waals surface area contributed by atoms with Crippen molar-refractivity contribution in [2.45, 2.75) is 79.1 Å². The Morgan fingerprint density at radius 3 is 1.45 bits per heavy atom. The molecule has 0 saturated heterocycles. The number of imidazole rings is 1. The van der Waals surface area contributed by atoms with Crippen LogP contribution in [-0.2, 0) is 0 Å². The minimum Gasteiger partial charge on any atom is -1.00 e. The molecule has 3 rings (SSSR count). The first-order chi connectivity index (χ1) is 13.7. The van der Waals surface area contributed by atoms with Crippen LogP contribution in [0.25, 0.3) is 11.4 Å². The van der Waals surface area contributed by atoms with Gasteiger partial charge in [0.15, 0.2) is 0 Å². The number of aromatic nitrogens is 2. The molecular weight excluding hydrogens is 486 g/mol. The van der Waals surface area contributed by atoms with Gasteiger partial charge in [-0.3, -0.25) is 9.13 Å². The SMILES string of the molecule is CC(C)c1cccc(C(C)C)c1-n1[c-][n+](-c2c(C(C)C)cccc2C(C)C)cc1.[I-].[Li+]. The summed E-state index contributed by atoms with van der Waals surface area (Å²) in [6.45, 7) is 18.2. The summed E-state index contributed by atoms with van der Waals surface area (Å²) in [6.07, 6.45) is 7.98. The van der Waals surface area contributed by atoms with E-state index in [0.29, 0.717) is 23.7 Å². The molecule has 0 amide bonds. The van der Waals surface area contributed by atoms with Crippen LogP contribution < -0.4 is 47.4 Å². The first kappa shape index (κ1) is 28.0. The van der Waals surface area contributed by atoms with Gasteiger partial charge in [-0.2, -0.15) is 0 Å². The molecule has 2 nitrogen and oxygen atoms in total. The molecule has 2 aromatic carbocycles. The van der Waals surface area contributed by atoms with Gasteiger partial charge in [0.2, 0.25) is 0 Å². The van der Waals surface area contributed by atoms with Gasteiger partial charge in [-0.05, 0) is 45.9 Å². The Morgan fingerprint density at radius 2 is 1.06 bits per heavy atom. The van der Waals surface area contributed by atoms with Gasteiger partial charge in [0, 0.05) is 12.4 Å². The zero-order valence-corrected chi connectivity index (χ0v) is 22.9. The molecule has 0 aliphatic carbocycles. The molecule has 0 spiro atoms. The number of hydrogen-bond acceptors (Lipinski definition) is 0. The Kier molecular flexibility index (Phi) is 10.6.